The van der Waals surface area contributed by atoms with Crippen LogP contribution < -0.4 is 20.4 Å². The van der Waals surface area contributed by atoms with E-state index in [4.69, 9.17) is 33.2 Å². The van der Waals surface area contributed by atoms with Gasteiger partial charge in [-0.05, 0) is 125 Å². The molecule has 0 unspecified atom stereocenters. The number of fused-ring (bicyclic) bond motifs is 2. The fraction of sp³-hybridized carbons (Fsp3) is 0.400. The molecule has 0 amide bonds. The van der Waals surface area contributed by atoms with E-state index in [0.717, 1.165) is 84.1 Å². The molecule has 60 heavy (non-hydrogen) atoms. The molecule has 10 rings (SSSR count). The van der Waals surface area contributed by atoms with Crippen LogP contribution in [0, 0.1) is 0 Å². The van der Waals surface area contributed by atoms with Crippen molar-refractivity contribution in [3.05, 3.63) is 130 Å². The van der Waals surface area contributed by atoms with E-state index in [1.807, 2.05) is 24.3 Å². The highest BCUT2D eigenvalue weighted by atomic mass is 35.5. The Morgan fingerprint density at radius 1 is 0.467 bits per heavy atom. The van der Waals surface area contributed by atoms with E-state index in [0.29, 0.717) is 0 Å². The second-order valence-electron chi connectivity index (χ2n) is 17.0. The normalized spacial score (nSPS) is 18.2. The number of hydrogen-bond donors (Lipinski definition) is 2. The summed E-state index contributed by atoms with van der Waals surface area (Å²) in [5.74, 6) is 1.86. The van der Waals surface area contributed by atoms with Gasteiger partial charge in [0.05, 0.1) is 11.0 Å². The van der Waals surface area contributed by atoms with Crippen LogP contribution in [0.2, 0.25) is 10.0 Å². The molecular weight excluding hydrogens is 784 g/mol. The first kappa shape index (κ1) is 40.8. The molecular formula is C50H58Cl2N8. The summed E-state index contributed by atoms with van der Waals surface area (Å²) in [4.78, 5) is 20.3. The number of piperidine rings is 2. The molecule has 4 aliphatic rings. The molecule has 6 aromatic rings. The van der Waals surface area contributed by atoms with Crippen LogP contribution in [-0.4, -0.2) is 84.2 Å². The lowest BCUT2D eigenvalue weighted by atomic mass is 10.0. The minimum Gasteiger partial charge on any atom is -0.371 e. The smallest absolute Gasteiger partial charge is 0.129 e. The Balaban J connectivity index is 0.000000154. The third-order valence-corrected chi connectivity index (χ3v) is 13.6. The standard InChI is InChI=1S/2C25H29ClN4/c2*26-20-9-7-19(8-10-20)18-27-25-17-24(22-5-1-2-6-23(22)28-25)30-15-11-21(12-16-30)29-13-3-4-14-29/h2*1-2,5-10,17,21H,3-4,11-16,18H2,(H,27,28). The number of nitrogens with one attached hydrogen (secondary N) is 2. The molecule has 4 aliphatic heterocycles. The van der Waals surface area contributed by atoms with E-state index in [1.165, 1.54) is 111 Å². The summed E-state index contributed by atoms with van der Waals surface area (Å²) >= 11 is 12.0. The van der Waals surface area contributed by atoms with Gasteiger partial charge in [0.25, 0.3) is 0 Å². The zero-order chi connectivity index (χ0) is 40.7. The van der Waals surface area contributed by atoms with Gasteiger partial charge in [0.15, 0.2) is 0 Å². The number of likely N-dealkylation sites (tertiary alicyclic amines) is 2. The van der Waals surface area contributed by atoms with Crippen molar-refractivity contribution in [1.29, 1.82) is 0 Å². The van der Waals surface area contributed by atoms with Crippen molar-refractivity contribution >= 4 is 68.0 Å². The number of hydrogen-bond acceptors (Lipinski definition) is 8. The van der Waals surface area contributed by atoms with Crippen molar-refractivity contribution in [2.24, 2.45) is 0 Å². The molecule has 2 aromatic heterocycles. The Kier molecular flexibility index (Phi) is 13.2. The van der Waals surface area contributed by atoms with Gasteiger partial charge in [-0.25, -0.2) is 9.97 Å². The SMILES string of the molecule is Clc1ccc(CNc2cc(N3CCC(N4CCCC4)CC3)c3ccccc3n2)cc1.Clc1ccc(CNc2cc(N3CCC(N4CCCC4)CC3)c3ccccc3n2)cc1. The van der Waals surface area contributed by atoms with Crippen molar-refractivity contribution in [1.82, 2.24) is 19.8 Å². The predicted octanol–water partition coefficient (Wildman–Crippen LogP) is 11.1. The van der Waals surface area contributed by atoms with Crippen LogP contribution in [0.4, 0.5) is 23.0 Å². The van der Waals surface area contributed by atoms with Crippen molar-refractivity contribution < 1.29 is 0 Å². The Morgan fingerprint density at radius 3 is 1.22 bits per heavy atom. The van der Waals surface area contributed by atoms with Crippen LogP contribution in [0.15, 0.2) is 109 Å². The maximum atomic E-state index is 6.01. The van der Waals surface area contributed by atoms with E-state index in [1.54, 1.807) is 0 Å². The van der Waals surface area contributed by atoms with Crippen molar-refractivity contribution in [3.8, 4) is 0 Å². The Labute approximate surface area is 365 Å². The number of anilines is 4. The van der Waals surface area contributed by atoms with Crippen LogP contribution in [0.1, 0.15) is 62.5 Å². The number of para-hydroxylation sites is 2. The number of pyridine rings is 2. The van der Waals surface area contributed by atoms with E-state index >= 15 is 0 Å². The van der Waals surface area contributed by atoms with Gasteiger partial charge in [-0.3, -0.25) is 0 Å². The third kappa shape index (κ3) is 9.95. The van der Waals surface area contributed by atoms with Crippen LogP contribution in [0.25, 0.3) is 21.8 Å². The quantitative estimate of drug-likeness (QED) is 0.141. The van der Waals surface area contributed by atoms with E-state index in [2.05, 4.69) is 115 Å². The summed E-state index contributed by atoms with van der Waals surface area (Å²) in [7, 11) is 0. The molecule has 0 spiro atoms. The topological polar surface area (TPSA) is 62.8 Å². The fourth-order valence-corrected chi connectivity index (χ4v) is 10.0. The molecule has 0 aliphatic carbocycles. The molecule has 0 saturated carbocycles. The number of benzene rings is 4. The lowest BCUT2D eigenvalue weighted by molar-refractivity contribution is 0.208. The molecule has 4 aromatic carbocycles. The zero-order valence-corrected chi connectivity index (χ0v) is 36.2. The van der Waals surface area contributed by atoms with Gasteiger partial charge in [0, 0.05) is 95.7 Å². The Morgan fingerprint density at radius 2 is 0.833 bits per heavy atom. The molecule has 312 valence electrons. The molecule has 2 N–H and O–H groups in total. The number of halogens is 2. The molecule has 0 radical (unpaired) electrons. The summed E-state index contributed by atoms with van der Waals surface area (Å²) in [6.07, 6.45) is 10.5. The minimum atomic E-state index is 0.735. The van der Waals surface area contributed by atoms with Crippen LogP contribution in [0.3, 0.4) is 0 Å². The largest absolute Gasteiger partial charge is 0.371 e. The van der Waals surface area contributed by atoms with Crippen molar-refractivity contribution in [3.63, 3.8) is 0 Å². The lowest BCUT2D eigenvalue weighted by Gasteiger charge is -2.38. The average molecular weight is 842 g/mol. The maximum absolute atomic E-state index is 6.01. The Hall–Kier alpha value is -4.60. The van der Waals surface area contributed by atoms with Gasteiger partial charge in [0.2, 0.25) is 0 Å². The van der Waals surface area contributed by atoms with E-state index in [9.17, 15) is 0 Å². The van der Waals surface area contributed by atoms with Gasteiger partial charge < -0.3 is 30.2 Å². The first-order valence-electron chi connectivity index (χ1n) is 22.3. The predicted molar refractivity (Wildman–Crippen MR) is 253 cm³/mol. The zero-order valence-electron chi connectivity index (χ0n) is 34.7. The van der Waals surface area contributed by atoms with Gasteiger partial charge in [-0.15, -0.1) is 0 Å². The molecule has 4 saturated heterocycles. The maximum Gasteiger partial charge on any atom is 0.129 e. The molecule has 4 fully saturated rings. The number of rotatable bonds is 10. The average Bonchev–Trinajstić information content (AvgIpc) is 4.05. The van der Waals surface area contributed by atoms with Gasteiger partial charge in [-0.2, -0.15) is 0 Å². The van der Waals surface area contributed by atoms with Crippen molar-refractivity contribution in [2.75, 3.05) is 72.8 Å². The summed E-state index contributed by atoms with van der Waals surface area (Å²) in [5, 5.41) is 11.1. The lowest BCUT2D eigenvalue weighted by Crippen LogP contribution is -2.43. The third-order valence-electron chi connectivity index (χ3n) is 13.1. The summed E-state index contributed by atoms with van der Waals surface area (Å²) in [5.41, 5.74) is 7.10. The molecule has 0 atom stereocenters. The Bertz CT molecular complexity index is 2140. The molecule has 0 bridgehead atoms. The summed E-state index contributed by atoms with van der Waals surface area (Å²) in [6, 6.07) is 39.0. The van der Waals surface area contributed by atoms with E-state index < -0.39 is 0 Å². The highest BCUT2D eigenvalue weighted by Crippen LogP contribution is 2.34. The van der Waals surface area contributed by atoms with Crippen LogP contribution in [0.5, 0.6) is 0 Å². The van der Waals surface area contributed by atoms with Crippen LogP contribution in [-0.2, 0) is 13.1 Å². The van der Waals surface area contributed by atoms with Crippen LogP contribution >= 0.6 is 23.2 Å². The second-order valence-corrected chi connectivity index (χ2v) is 17.8. The highest BCUT2D eigenvalue weighted by molar-refractivity contribution is 6.30. The highest BCUT2D eigenvalue weighted by Gasteiger charge is 2.29. The van der Waals surface area contributed by atoms with Gasteiger partial charge >= 0.3 is 0 Å². The van der Waals surface area contributed by atoms with E-state index in [-0.39, 0.29) is 0 Å². The summed E-state index contributed by atoms with van der Waals surface area (Å²) in [6.45, 7) is 11.1. The molecule has 6 heterocycles. The monoisotopic (exact) mass is 840 g/mol. The second kappa shape index (κ2) is 19.4. The minimum absolute atomic E-state index is 0.735. The van der Waals surface area contributed by atoms with Gasteiger partial charge in [-0.1, -0.05) is 83.9 Å². The van der Waals surface area contributed by atoms with Gasteiger partial charge in [0.1, 0.15) is 11.6 Å². The van der Waals surface area contributed by atoms with Crippen molar-refractivity contribution in [2.45, 2.75) is 76.5 Å². The number of nitrogens with zero attached hydrogens (tertiary/aromatic N) is 6. The first-order chi connectivity index (χ1) is 29.5. The number of aromatic nitrogens is 2. The summed E-state index contributed by atoms with van der Waals surface area (Å²) < 4.78 is 0. The molecule has 10 heteroatoms. The molecule has 8 nitrogen and oxygen atoms in total. The fourth-order valence-electron chi connectivity index (χ4n) is 9.77. The first-order valence-corrected chi connectivity index (χ1v) is 23.0.